The minimum atomic E-state index is -0.268. The van der Waals surface area contributed by atoms with E-state index < -0.39 is 0 Å². The van der Waals surface area contributed by atoms with E-state index in [0.717, 1.165) is 5.69 Å². The Morgan fingerprint density at radius 1 is 1.29 bits per heavy atom. The average molecular weight is 228 g/mol. The van der Waals surface area contributed by atoms with Crippen molar-refractivity contribution in [1.82, 2.24) is 9.97 Å². The Morgan fingerprint density at radius 2 is 2.12 bits per heavy atom. The van der Waals surface area contributed by atoms with E-state index >= 15 is 0 Å². The summed E-state index contributed by atoms with van der Waals surface area (Å²) in [5, 5.41) is 2.72. The predicted molar refractivity (Wildman–Crippen MR) is 65.6 cm³/mol. The first-order chi connectivity index (χ1) is 8.16. The second-order valence-electron chi connectivity index (χ2n) is 3.61. The molecule has 0 unspecified atom stereocenters. The van der Waals surface area contributed by atoms with E-state index in [1.165, 1.54) is 12.4 Å². The third-order valence-corrected chi connectivity index (χ3v) is 2.27. The van der Waals surface area contributed by atoms with Crippen LogP contribution >= 0.6 is 0 Å². The topological polar surface area (TPSA) is 80.9 Å². The van der Waals surface area contributed by atoms with Gasteiger partial charge in [0.2, 0.25) is 0 Å². The molecule has 0 aliphatic heterocycles. The SMILES string of the molecule is Cc1ccc(NC(=O)c2ccncc2N)cn1. The van der Waals surface area contributed by atoms with Crippen LogP contribution in [0.3, 0.4) is 0 Å². The highest BCUT2D eigenvalue weighted by Crippen LogP contribution is 2.12. The number of carbonyl (C=O) groups is 1. The number of hydrogen-bond donors (Lipinski definition) is 2. The third-order valence-electron chi connectivity index (χ3n) is 2.27. The number of hydrogen-bond acceptors (Lipinski definition) is 4. The molecule has 2 heterocycles. The van der Waals surface area contributed by atoms with Crippen molar-refractivity contribution in [2.45, 2.75) is 6.92 Å². The van der Waals surface area contributed by atoms with Crippen molar-refractivity contribution in [2.24, 2.45) is 0 Å². The molecule has 0 saturated carbocycles. The molecule has 2 rings (SSSR count). The third kappa shape index (κ3) is 2.57. The molecule has 3 N–H and O–H groups in total. The van der Waals surface area contributed by atoms with Gasteiger partial charge in [0, 0.05) is 11.9 Å². The number of amides is 1. The first-order valence-electron chi connectivity index (χ1n) is 5.10. The fourth-order valence-electron chi connectivity index (χ4n) is 1.35. The molecule has 0 aliphatic rings. The van der Waals surface area contributed by atoms with Crippen LogP contribution in [0.15, 0.2) is 36.8 Å². The zero-order chi connectivity index (χ0) is 12.3. The lowest BCUT2D eigenvalue weighted by Gasteiger charge is -2.06. The van der Waals surface area contributed by atoms with Crippen molar-refractivity contribution in [2.75, 3.05) is 11.1 Å². The summed E-state index contributed by atoms with van der Waals surface area (Å²) in [6.07, 6.45) is 4.57. The molecule has 1 amide bonds. The number of nitrogens with two attached hydrogens (primary N) is 1. The van der Waals surface area contributed by atoms with Crippen LogP contribution in [0.2, 0.25) is 0 Å². The molecular formula is C12H12N4O. The van der Waals surface area contributed by atoms with E-state index in [1.54, 1.807) is 18.3 Å². The van der Waals surface area contributed by atoms with Gasteiger partial charge in [0.1, 0.15) is 0 Å². The first-order valence-corrected chi connectivity index (χ1v) is 5.10. The van der Waals surface area contributed by atoms with Crippen molar-refractivity contribution in [3.05, 3.63) is 48.0 Å². The standard InChI is InChI=1S/C12H12N4O/c1-8-2-3-9(6-15-8)16-12(17)10-4-5-14-7-11(10)13/h2-7H,13H2,1H3,(H,16,17). The number of carbonyl (C=O) groups excluding carboxylic acids is 1. The summed E-state index contributed by atoms with van der Waals surface area (Å²) in [4.78, 5) is 19.8. The van der Waals surface area contributed by atoms with Crippen molar-refractivity contribution in [1.29, 1.82) is 0 Å². The van der Waals surface area contributed by atoms with Crippen LogP contribution < -0.4 is 11.1 Å². The van der Waals surface area contributed by atoms with Gasteiger partial charge in [-0.25, -0.2) is 0 Å². The molecule has 0 radical (unpaired) electrons. The van der Waals surface area contributed by atoms with Gasteiger partial charge < -0.3 is 11.1 Å². The van der Waals surface area contributed by atoms with E-state index in [2.05, 4.69) is 15.3 Å². The van der Waals surface area contributed by atoms with Crippen molar-refractivity contribution >= 4 is 17.3 Å². The Morgan fingerprint density at radius 3 is 2.76 bits per heavy atom. The Hall–Kier alpha value is -2.43. The van der Waals surface area contributed by atoms with Gasteiger partial charge in [-0.15, -0.1) is 0 Å². The van der Waals surface area contributed by atoms with Crippen LogP contribution in [0.4, 0.5) is 11.4 Å². The number of nitrogen functional groups attached to an aromatic ring is 1. The molecule has 0 atom stereocenters. The number of nitrogens with zero attached hydrogens (tertiary/aromatic N) is 2. The summed E-state index contributed by atoms with van der Waals surface area (Å²) in [7, 11) is 0. The maximum atomic E-state index is 11.9. The number of anilines is 2. The number of pyridine rings is 2. The zero-order valence-corrected chi connectivity index (χ0v) is 9.34. The lowest BCUT2D eigenvalue weighted by atomic mass is 10.2. The number of nitrogens with one attached hydrogen (secondary N) is 1. The van der Waals surface area contributed by atoms with Gasteiger partial charge in [0.15, 0.2) is 0 Å². The summed E-state index contributed by atoms with van der Waals surface area (Å²) in [6.45, 7) is 1.88. The summed E-state index contributed by atoms with van der Waals surface area (Å²) in [5.74, 6) is -0.268. The molecule has 5 nitrogen and oxygen atoms in total. The zero-order valence-electron chi connectivity index (χ0n) is 9.34. The van der Waals surface area contributed by atoms with Crippen LogP contribution in [0.5, 0.6) is 0 Å². The molecule has 2 aromatic heterocycles. The van der Waals surface area contributed by atoms with Gasteiger partial charge in [-0.2, -0.15) is 0 Å². The van der Waals surface area contributed by atoms with E-state index in [-0.39, 0.29) is 5.91 Å². The molecule has 86 valence electrons. The van der Waals surface area contributed by atoms with Crippen LogP contribution in [0, 0.1) is 6.92 Å². The Kier molecular flexibility index (Phi) is 3.00. The minimum absolute atomic E-state index is 0.268. The highest BCUT2D eigenvalue weighted by Gasteiger charge is 2.09. The van der Waals surface area contributed by atoms with E-state index in [0.29, 0.717) is 16.9 Å². The molecule has 2 aromatic rings. The molecular weight excluding hydrogens is 216 g/mol. The molecule has 5 heteroatoms. The highest BCUT2D eigenvalue weighted by atomic mass is 16.1. The van der Waals surface area contributed by atoms with Gasteiger partial charge in [-0.1, -0.05) is 0 Å². The fourth-order valence-corrected chi connectivity index (χ4v) is 1.35. The second kappa shape index (κ2) is 4.61. The van der Waals surface area contributed by atoms with Crippen molar-refractivity contribution in [3.8, 4) is 0 Å². The van der Waals surface area contributed by atoms with E-state index in [9.17, 15) is 4.79 Å². The summed E-state index contributed by atoms with van der Waals surface area (Å²) in [5.41, 5.74) is 7.95. The number of rotatable bonds is 2. The molecule has 0 spiro atoms. The van der Waals surface area contributed by atoms with Crippen molar-refractivity contribution in [3.63, 3.8) is 0 Å². The Labute approximate surface area is 98.7 Å². The molecule has 0 fully saturated rings. The Balaban J connectivity index is 2.17. The quantitative estimate of drug-likeness (QED) is 0.818. The number of aromatic nitrogens is 2. The van der Waals surface area contributed by atoms with Crippen molar-refractivity contribution < 1.29 is 4.79 Å². The average Bonchev–Trinajstić information content (AvgIpc) is 2.32. The van der Waals surface area contributed by atoms with Gasteiger partial charge >= 0.3 is 0 Å². The van der Waals surface area contributed by atoms with Crippen LogP contribution in [-0.2, 0) is 0 Å². The van der Waals surface area contributed by atoms with Gasteiger partial charge in [0.25, 0.3) is 5.91 Å². The molecule has 0 saturated heterocycles. The van der Waals surface area contributed by atoms with E-state index in [4.69, 9.17) is 5.73 Å². The normalized spacial score (nSPS) is 9.94. The monoisotopic (exact) mass is 228 g/mol. The minimum Gasteiger partial charge on any atom is -0.397 e. The van der Waals surface area contributed by atoms with Crippen LogP contribution in [0.1, 0.15) is 16.1 Å². The van der Waals surface area contributed by atoms with Crippen LogP contribution in [-0.4, -0.2) is 15.9 Å². The Bertz CT molecular complexity index is 536. The number of aryl methyl sites for hydroxylation is 1. The first kappa shape index (κ1) is 11.1. The van der Waals surface area contributed by atoms with Gasteiger partial charge in [-0.05, 0) is 25.1 Å². The molecule has 0 aliphatic carbocycles. The smallest absolute Gasteiger partial charge is 0.257 e. The maximum absolute atomic E-state index is 11.9. The lowest BCUT2D eigenvalue weighted by Crippen LogP contribution is -2.14. The fraction of sp³-hybridized carbons (Fsp3) is 0.0833. The summed E-state index contributed by atoms with van der Waals surface area (Å²) < 4.78 is 0. The second-order valence-corrected chi connectivity index (χ2v) is 3.61. The molecule has 0 bridgehead atoms. The highest BCUT2D eigenvalue weighted by molar-refractivity contribution is 6.07. The van der Waals surface area contributed by atoms with Gasteiger partial charge in [-0.3, -0.25) is 14.8 Å². The summed E-state index contributed by atoms with van der Waals surface area (Å²) in [6, 6.07) is 5.19. The molecule has 0 aromatic carbocycles. The largest absolute Gasteiger partial charge is 0.397 e. The maximum Gasteiger partial charge on any atom is 0.257 e. The van der Waals surface area contributed by atoms with Gasteiger partial charge in [0.05, 0.1) is 29.3 Å². The summed E-state index contributed by atoms with van der Waals surface area (Å²) >= 11 is 0. The molecule has 17 heavy (non-hydrogen) atoms. The predicted octanol–water partition coefficient (Wildman–Crippen LogP) is 1.62. The van der Waals surface area contributed by atoms with Crippen LogP contribution in [0.25, 0.3) is 0 Å². The van der Waals surface area contributed by atoms with E-state index in [1.807, 2.05) is 13.0 Å². The lowest BCUT2D eigenvalue weighted by molar-refractivity contribution is 0.102.